The summed E-state index contributed by atoms with van der Waals surface area (Å²) in [4.78, 5) is 33.6. The van der Waals surface area contributed by atoms with Crippen molar-refractivity contribution >= 4 is 27.5 Å². The van der Waals surface area contributed by atoms with E-state index >= 15 is 0 Å². The van der Waals surface area contributed by atoms with E-state index in [4.69, 9.17) is 0 Å². The van der Waals surface area contributed by atoms with Crippen molar-refractivity contribution in [3.8, 4) is 0 Å². The van der Waals surface area contributed by atoms with Crippen LogP contribution >= 0.6 is 11.3 Å². The van der Waals surface area contributed by atoms with Gasteiger partial charge < -0.3 is 10.3 Å². The molecule has 2 aliphatic carbocycles. The maximum Gasteiger partial charge on any atom is 0.287 e. The summed E-state index contributed by atoms with van der Waals surface area (Å²) >= 11 is 1.56. The Bertz CT molecular complexity index is 771. The van der Waals surface area contributed by atoms with E-state index in [0.717, 1.165) is 50.5 Å². The van der Waals surface area contributed by atoms with E-state index in [2.05, 4.69) is 15.3 Å². The number of rotatable bonds is 2. The van der Waals surface area contributed by atoms with Gasteiger partial charge in [0.05, 0.1) is 5.39 Å². The number of nitrogens with one attached hydrogen (secondary N) is 2. The number of aryl methyl sites for hydroxylation is 2. The van der Waals surface area contributed by atoms with E-state index in [1.165, 1.54) is 4.88 Å². The minimum absolute atomic E-state index is 0.152. The third kappa shape index (κ3) is 2.18. The number of nitrogens with zero attached hydrogens (tertiary/aromatic N) is 1. The molecule has 2 aliphatic rings. The van der Waals surface area contributed by atoms with E-state index in [-0.39, 0.29) is 23.3 Å². The first kappa shape index (κ1) is 13.0. The zero-order valence-corrected chi connectivity index (χ0v) is 12.5. The molecule has 21 heavy (non-hydrogen) atoms. The fourth-order valence-electron chi connectivity index (χ4n) is 3.43. The molecule has 4 rings (SSSR count). The van der Waals surface area contributed by atoms with Crippen LogP contribution < -0.4 is 10.9 Å². The standard InChI is InChI=1S/C15H17N3O2S/c19-13-11-9-6-3-7-10(9)21-15(11)18-12(17-13)14(20)16-8-4-1-2-5-8/h8H,1-7H2,(H,16,20)(H,17,18,19). The van der Waals surface area contributed by atoms with Crippen molar-refractivity contribution in [2.75, 3.05) is 0 Å². The van der Waals surface area contributed by atoms with Crippen LogP contribution in [0.3, 0.4) is 0 Å². The van der Waals surface area contributed by atoms with Crippen LogP contribution in [0.5, 0.6) is 0 Å². The quantitative estimate of drug-likeness (QED) is 0.892. The molecule has 0 spiro atoms. The van der Waals surface area contributed by atoms with Crippen molar-refractivity contribution in [3.05, 3.63) is 26.6 Å². The number of thiophene rings is 1. The van der Waals surface area contributed by atoms with Gasteiger partial charge in [0.15, 0.2) is 0 Å². The van der Waals surface area contributed by atoms with Gasteiger partial charge in [-0.2, -0.15) is 0 Å². The lowest BCUT2D eigenvalue weighted by molar-refractivity contribution is 0.0927. The molecule has 0 bridgehead atoms. The summed E-state index contributed by atoms with van der Waals surface area (Å²) < 4.78 is 0. The number of hydrogen-bond acceptors (Lipinski definition) is 4. The van der Waals surface area contributed by atoms with Gasteiger partial charge in [-0.3, -0.25) is 9.59 Å². The molecule has 2 N–H and O–H groups in total. The third-order valence-electron chi connectivity index (χ3n) is 4.48. The monoisotopic (exact) mass is 303 g/mol. The Morgan fingerprint density at radius 1 is 1.24 bits per heavy atom. The molecule has 1 amide bonds. The summed E-state index contributed by atoms with van der Waals surface area (Å²) in [6.45, 7) is 0. The van der Waals surface area contributed by atoms with Gasteiger partial charge in [-0.15, -0.1) is 11.3 Å². The molecule has 0 aliphatic heterocycles. The van der Waals surface area contributed by atoms with Gasteiger partial charge in [0.25, 0.3) is 11.5 Å². The lowest BCUT2D eigenvalue weighted by Crippen LogP contribution is -2.34. The molecule has 2 heterocycles. The molecule has 1 fully saturated rings. The van der Waals surface area contributed by atoms with Crippen molar-refractivity contribution in [3.63, 3.8) is 0 Å². The summed E-state index contributed by atoms with van der Waals surface area (Å²) in [5.41, 5.74) is 0.975. The number of H-pyrrole nitrogens is 1. The number of fused-ring (bicyclic) bond motifs is 3. The van der Waals surface area contributed by atoms with Crippen molar-refractivity contribution < 1.29 is 4.79 Å². The van der Waals surface area contributed by atoms with Crippen molar-refractivity contribution in [2.24, 2.45) is 0 Å². The molecule has 2 aromatic heterocycles. The van der Waals surface area contributed by atoms with Crippen LogP contribution in [0.15, 0.2) is 4.79 Å². The molecule has 1 saturated carbocycles. The number of hydrogen-bond donors (Lipinski definition) is 2. The maximum atomic E-state index is 12.3. The number of carbonyl (C=O) groups excluding carboxylic acids is 1. The Morgan fingerprint density at radius 3 is 2.86 bits per heavy atom. The summed E-state index contributed by atoms with van der Waals surface area (Å²) in [5.74, 6) is -0.103. The zero-order chi connectivity index (χ0) is 14.4. The normalized spacial score (nSPS) is 18.3. The van der Waals surface area contributed by atoms with Gasteiger partial charge in [-0.25, -0.2) is 4.98 Å². The van der Waals surface area contributed by atoms with Crippen LogP contribution in [0.1, 0.15) is 53.2 Å². The summed E-state index contributed by atoms with van der Waals surface area (Å²) in [6.07, 6.45) is 7.45. The first-order valence-corrected chi connectivity index (χ1v) is 8.39. The minimum atomic E-state index is -0.255. The van der Waals surface area contributed by atoms with Crippen LogP contribution in [-0.2, 0) is 12.8 Å². The van der Waals surface area contributed by atoms with Gasteiger partial charge in [0.2, 0.25) is 5.82 Å². The molecule has 0 saturated heterocycles. The van der Waals surface area contributed by atoms with E-state index < -0.39 is 0 Å². The average molecular weight is 303 g/mol. The number of amides is 1. The zero-order valence-electron chi connectivity index (χ0n) is 11.7. The average Bonchev–Trinajstić information content (AvgIpc) is 3.13. The highest BCUT2D eigenvalue weighted by atomic mass is 32.1. The molecule has 0 atom stereocenters. The second kappa shape index (κ2) is 4.94. The number of aromatic amines is 1. The van der Waals surface area contributed by atoms with Crippen LogP contribution in [0.4, 0.5) is 0 Å². The molecule has 0 radical (unpaired) electrons. The molecular formula is C15H17N3O2S. The van der Waals surface area contributed by atoms with Crippen molar-refractivity contribution in [1.29, 1.82) is 0 Å². The van der Waals surface area contributed by atoms with Crippen LogP contribution in [-0.4, -0.2) is 21.9 Å². The Balaban J connectivity index is 1.70. The van der Waals surface area contributed by atoms with Crippen LogP contribution in [0.2, 0.25) is 0 Å². The minimum Gasteiger partial charge on any atom is -0.347 e. The molecular weight excluding hydrogens is 286 g/mol. The number of aromatic nitrogens is 2. The van der Waals surface area contributed by atoms with E-state index in [9.17, 15) is 9.59 Å². The summed E-state index contributed by atoms with van der Waals surface area (Å²) in [5, 5.41) is 3.67. The highest BCUT2D eigenvalue weighted by Gasteiger charge is 2.23. The Hall–Kier alpha value is -1.69. The van der Waals surface area contributed by atoms with Gasteiger partial charge >= 0.3 is 0 Å². The van der Waals surface area contributed by atoms with E-state index in [1.807, 2.05) is 0 Å². The lowest BCUT2D eigenvalue weighted by Gasteiger charge is -2.10. The predicted molar refractivity (Wildman–Crippen MR) is 82.0 cm³/mol. The van der Waals surface area contributed by atoms with Gasteiger partial charge in [0.1, 0.15) is 4.83 Å². The molecule has 0 aromatic carbocycles. The highest BCUT2D eigenvalue weighted by molar-refractivity contribution is 7.18. The Labute approximate surface area is 125 Å². The fraction of sp³-hybridized carbons (Fsp3) is 0.533. The topological polar surface area (TPSA) is 74.8 Å². The molecule has 0 unspecified atom stereocenters. The first-order valence-electron chi connectivity index (χ1n) is 7.58. The predicted octanol–water partition coefficient (Wildman–Crippen LogP) is 2.15. The Morgan fingerprint density at radius 2 is 2.05 bits per heavy atom. The largest absolute Gasteiger partial charge is 0.347 e. The van der Waals surface area contributed by atoms with Crippen molar-refractivity contribution in [2.45, 2.75) is 51.0 Å². The first-order chi connectivity index (χ1) is 10.2. The fourth-order valence-corrected chi connectivity index (χ4v) is 4.70. The molecule has 5 nitrogen and oxygen atoms in total. The molecule has 6 heteroatoms. The van der Waals surface area contributed by atoms with Gasteiger partial charge in [-0.05, 0) is 37.7 Å². The highest BCUT2D eigenvalue weighted by Crippen LogP contribution is 2.34. The summed E-state index contributed by atoms with van der Waals surface area (Å²) in [6, 6.07) is 0.229. The van der Waals surface area contributed by atoms with Gasteiger partial charge in [-0.1, -0.05) is 12.8 Å². The maximum absolute atomic E-state index is 12.3. The van der Waals surface area contributed by atoms with Crippen LogP contribution in [0, 0.1) is 0 Å². The van der Waals surface area contributed by atoms with E-state index in [1.54, 1.807) is 11.3 Å². The SMILES string of the molecule is O=C(NC1CCCC1)c1nc2sc3c(c2c(=O)[nH]1)CCC3. The third-order valence-corrected chi connectivity index (χ3v) is 5.67. The second-order valence-corrected chi connectivity index (χ2v) is 6.99. The lowest BCUT2D eigenvalue weighted by atomic mass is 10.2. The molecule has 2 aromatic rings. The molecule has 110 valence electrons. The van der Waals surface area contributed by atoms with Crippen molar-refractivity contribution in [1.82, 2.24) is 15.3 Å². The summed E-state index contributed by atoms with van der Waals surface area (Å²) in [7, 11) is 0. The Kier molecular flexibility index (Phi) is 3.06. The number of carbonyl (C=O) groups is 1. The van der Waals surface area contributed by atoms with E-state index in [0.29, 0.717) is 10.2 Å². The second-order valence-electron chi connectivity index (χ2n) is 5.91. The smallest absolute Gasteiger partial charge is 0.287 e. The van der Waals surface area contributed by atoms with Crippen LogP contribution in [0.25, 0.3) is 10.2 Å². The van der Waals surface area contributed by atoms with Gasteiger partial charge in [0, 0.05) is 10.9 Å².